The van der Waals surface area contributed by atoms with Crippen molar-refractivity contribution in [3.8, 4) is 0 Å². The van der Waals surface area contributed by atoms with Gasteiger partial charge >= 0.3 is 0 Å². The second-order valence-corrected chi connectivity index (χ2v) is 10.2. The Bertz CT molecular complexity index is 656. The summed E-state index contributed by atoms with van der Waals surface area (Å²) in [5.41, 5.74) is 0. The van der Waals surface area contributed by atoms with Crippen LogP contribution in [0.4, 0.5) is 0 Å². The number of nitrogens with zero attached hydrogens (tertiary/aromatic N) is 3. The maximum atomic E-state index is 12.2. The Labute approximate surface area is 156 Å². The van der Waals surface area contributed by atoms with Gasteiger partial charge in [0.05, 0.1) is 17.0 Å². The number of likely N-dealkylation sites (N-methyl/N-ethyl adjacent to an activating group) is 1. The summed E-state index contributed by atoms with van der Waals surface area (Å²) in [6, 6.07) is 0.00323. The van der Waals surface area contributed by atoms with Gasteiger partial charge in [-0.25, -0.2) is 13.4 Å². The third-order valence-corrected chi connectivity index (χ3v) is 6.59. The third-order valence-electron chi connectivity index (χ3n) is 4.06. The highest BCUT2D eigenvalue weighted by molar-refractivity contribution is 7.92. The summed E-state index contributed by atoms with van der Waals surface area (Å²) in [6.45, 7) is 7.47. The van der Waals surface area contributed by atoms with Crippen molar-refractivity contribution >= 4 is 27.6 Å². The Hall–Kier alpha value is -1.84. The zero-order chi connectivity index (χ0) is 20.1. The van der Waals surface area contributed by atoms with Crippen LogP contribution in [-0.4, -0.2) is 92.8 Å². The number of nitrogens with one attached hydrogen (secondary N) is 2. The molecule has 1 heterocycles. The summed E-state index contributed by atoms with van der Waals surface area (Å²) in [4.78, 5) is 31.3. The molecular formula is C16H31N5O4S. The lowest BCUT2D eigenvalue weighted by Gasteiger charge is -2.39. The Kier molecular flexibility index (Phi) is 7.43. The quantitative estimate of drug-likeness (QED) is 0.463. The molecule has 0 aromatic heterocycles. The van der Waals surface area contributed by atoms with Crippen molar-refractivity contribution in [2.45, 2.75) is 38.5 Å². The molecule has 2 amide bonds. The topological polar surface area (TPSA) is 111 Å². The fourth-order valence-corrected chi connectivity index (χ4v) is 3.79. The van der Waals surface area contributed by atoms with Gasteiger partial charge in [-0.15, -0.1) is 0 Å². The minimum Gasteiger partial charge on any atom is -0.352 e. The van der Waals surface area contributed by atoms with Crippen molar-refractivity contribution in [3.63, 3.8) is 0 Å². The molecule has 0 radical (unpaired) electrons. The van der Waals surface area contributed by atoms with E-state index < -0.39 is 14.6 Å². The first kappa shape index (κ1) is 22.2. The van der Waals surface area contributed by atoms with Gasteiger partial charge in [-0.2, -0.15) is 0 Å². The van der Waals surface area contributed by atoms with E-state index in [1.807, 2.05) is 13.8 Å². The Morgan fingerprint density at radius 2 is 1.88 bits per heavy atom. The fraction of sp³-hybridized carbons (Fsp3) is 0.812. The number of amides is 2. The number of carbonyl (C=O) groups is 2. The van der Waals surface area contributed by atoms with Crippen LogP contribution in [0.25, 0.3) is 0 Å². The predicted octanol–water partition coefficient (Wildman–Crippen LogP) is -0.946. The van der Waals surface area contributed by atoms with E-state index in [-0.39, 0.29) is 49.8 Å². The first-order valence-electron chi connectivity index (χ1n) is 8.61. The summed E-state index contributed by atoms with van der Waals surface area (Å²) in [5, 5.41) is 5.70. The number of hydrogen-bond acceptors (Lipinski definition) is 5. The molecule has 0 atom stereocenters. The molecule has 1 aliphatic rings. The molecule has 150 valence electrons. The smallest absolute Gasteiger partial charge is 0.242 e. The van der Waals surface area contributed by atoms with Gasteiger partial charge in [0, 0.05) is 33.2 Å². The summed E-state index contributed by atoms with van der Waals surface area (Å²) in [5.74, 6) is -0.0158. The highest BCUT2D eigenvalue weighted by Gasteiger charge is 2.41. The van der Waals surface area contributed by atoms with E-state index in [0.717, 1.165) is 0 Å². The van der Waals surface area contributed by atoms with E-state index in [2.05, 4.69) is 15.6 Å². The minimum absolute atomic E-state index is 0.000513. The van der Waals surface area contributed by atoms with Crippen LogP contribution >= 0.6 is 0 Å². The van der Waals surface area contributed by atoms with Crippen LogP contribution < -0.4 is 10.6 Å². The van der Waals surface area contributed by atoms with Crippen molar-refractivity contribution in [2.75, 3.05) is 46.0 Å². The van der Waals surface area contributed by atoms with E-state index in [1.165, 1.54) is 4.90 Å². The van der Waals surface area contributed by atoms with Gasteiger partial charge < -0.3 is 20.4 Å². The average Bonchev–Trinajstić information content (AvgIpc) is 2.49. The van der Waals surface area contributed by atoms with Crippen molar-refractivity contribution in [2.24, 2.45) is 4.99 Å². The summed E-state index contributed by atoms with van der Waals surface area (Å²) >= 11 is 0. The van der Waals surface area contributed by atoms with Crippen molar-refractivity contribution in [3.05, 3.63) is 0 Å². The van der Waals surface area contributed by atoms with Gasteiger partial charge in [0.2, 0.25) is 11.8 Å². The second-order valence-electron chi connectivity index (χ2n) is 7.50. The average molecular weight is 390 g/mol. The van der Waals surface area contributed by atoms with Crippen LogP contribution in [-0.2, 0) is 19.4 Å². The van der Waals surface area contributed by atoms with E-state index in [1.54, 1.807) is 32.8 Å². The van der Waals surface area contributed by atoms with Crippen molar-refractivity contribution < 1.29 is 18.0 Å². The van der Waals surface area contributed by atoms with Crippen LogP contribution in [0.5, 0.6) is 0 Å². The van der Waals surface area contributed by atoms with Crippen LogP contribution in [0.1, 0.15) is 27.7 Å². The van der Waals surface area contributed by atoms with Crippen molar-refractivity contribution in [1.82, 2.24) is 20.4 Å². The van der Waals surface area contributed by atoms with Crippen molar-refractivity contribution in [1.29, 1.82) is 0 Å². The molecular weight excluding hydrogens is 358 g/mol. The Morgan fingerprint density at radius 3 is 2.38 bits per heavy atom. The van der Waals surface area contributed by atoms with Crippen LogP contribution in [0.3, 0.4) is 0 Å². The first-order valence-corrected chi connectivity index (χ1v) is 10.3. The van der Waals surface area contributed by atoms with Gasteiger partial charge in [-0.3, -0.25) is 9.59 Å². The third kappa shape index (κ3) is 6.15. The molecule has 1 saturated heterocycles. The first-order chi connectivity index (χ1) is 11.9. The molecule has 0 spiro atoms. The molecule has 0 aromatic carbocycles. The number of guanidine groups is 1. The lowest BCUT2D eigenvalue weighted by atomic mass is 10.2. The fourth-order valence-electron chi connectivity index (χ4n) is 2.42. The highest BCUT2D eigenvalue weighted by atomic mass is 32.2. The van der Waals surface area contributed by atoms with E-state index >= 15 is 0 Å². The molecule has 0 aromatic rings. The van der Waals surface area contributed by atoms with Gasteiger partial charge in [0.1, 0.15) is 6.54 Å². The van der Waals surface area contributed by atoms with Crippen LogP contribution in [0.15, 0.2) is 4.99 Å². The lowest BCUT2D eigenvalue weighted by molar-refractivity contribution is -0.127. The molecule has 9 nitrogen and oxygen atoms in total. The number of hydrogen-bond donors (Lipinski definition) is 2. The zero-order valence-electron chi connectivity index (χ0n) is 16.5. The molecule has 0 saturated carbocycles. The van der Waals surface area contributed by atoms with Gasteiger partial charge in [0.25, 0.3) is 0 Å². The summed E-state index contributed by atoms with van der Waals surface area (Å²) < 4.78 is 23.5. The summed E-state index contributed by atoms with van der Waals surface area (Å²) in [6.07, 6.45) is 0. The molecule has 1 fully saturated rings. The Balaban J connectivity index is 2.93. The van der Waals surface area contributed by atoms with Crippen LogP contribution in [0, 0.1) is 0 Å². The molecule has 10 heteroatoms. The second kappa shape index (κ2) is 8.70. The SMILES string of the molecule is CC(C)NC(=O)CN=C(NCC(=O)N(C)C)N1CCS(=O)(=O)C(C)(C)C1. The van der Waals surface area contributed by atoms with Gasteiger partial charge in [-0.1, -0.05) is 0 Å². The predicted molar refractivity (Wildman–Crippen MR) is 102 cm³/mol. The van der Waals surface area contributed by atoms with E-state index in [4.69, 9.17) is 0 Å². The standard InChI is InChI=1S/C16H31N5O4S/c1-12(2)19-13(22)9-17-15(18-10-14(23)20(5)6)21-7-8-26(24,25)16(3,4)11-21/h12H,7-11H2,1-6H3,(H,17,18)(H,19,22). The van der Waals surface area contributed by atoms with E-state index in [9.17, 15) is 18.0 Å². The molecule has 0 aliphatic carbocycles. The largest absolute Gasteiger partial charge is 0.352 e. The zero-order valence-corrected chi connectivity index (χ0v) is 17.3. The van der Waals surface area contributed by atoms with E-state index in [0.29, 0.717) is 5.96 Å². The molecule has 0 unspecified atom stereocenters. The number of rotatable bonds is 5. The maximum Gasteiger partial charge on any atom is 0.242 e. The Morgan fingerprint density at radius 1 is 1.27 bits per heavy atom. The molecule has 0 bridgehead atoms. The number of sulfone groups is 1. The molecule has 1 rings (SSSR count). The molecule has 1 aliphatic heterocycles. The highest BCUT2D eigenvalue weighted by Crippen LogP contribution is 2.23. The monoisotopic (exact) mass is 389 g/mol. The minimum atomic E-state index is -3.20. The number of aliphatic imine (C=N–C) groups is 1. The molecule has 2 N–H and O–H groups in total. The van der Waals surface area contributed by atoms with Gasteiger partial charge in [0.15, 0.2) is 15.8 Å². The number of carbonyl (C=O) groups excluding carboxylic acids is 2. The van der Waals surface area contributed by atoms with Crippen LogP contribution in [0.2, 0.25) is 0 Å². The summed E-state index contributed by atoms with van der Waals surface area (Å²) in [7, 11) is 0.0944. The lowest BCUT2D eigenvalue weighted by Crippen LogP contribution is -2.58. The normalized spacial score (nSPS) is 19.2. The molecule has 26 heavy (non-hydrogen) atoms. The van der Waals surface area contributed by atoms with Gasteiger partial charge in [-0.05, 0) is 27.7 Å². The maximum absolute atomic E-state index is 12.2.